The van der Waals surface area contributed by atoms with Crippen molar-refractivity contribution >= 4 is 53.2 Å². The number of carbonyl (C=O) groups excluding carboxylic acids is 9. The first-order valence-corrected chi connectivity index (χ1v) is 23.6. The summed E-state index contributed by atoms with van der Waals surface area (Å²) in [6, 6.07) is -8.81. The average Bonchev–Trinajstić information content (AvgIpc) is 3.78. The second kappa shape index (κ2) is 30.5. The van der Waals surface area contributed by atoms with E-state index in [4.69, 9.17) is 10.5 Å². The molecule has 18 nitrogen and oxygen atoms in total. The van der Waals surface area contributed by atoms with Gasteiger partial charge in [-0.25, -0.2) is 4.79 Å². The summed E-state index contributed by atoms with van der Waals surface area (Å²) in [4.78, 5) is 125. The van der Waals surface area contributed by atoms with Gasteiger partial charge in [0.1, 0.15) is 48.4 Å². The minimum Gasteiger partial charge on any atom is -0.458 e. The summed E-state index contributed by atoms with van der Waals surface area (Å²) in [7, 11) is 1.30. The first kappa shape index (κ1) is 58.3. The van der Waals surface area contributed by atoms with Gasteiger partial charge in [0.2, 0.25) is 47.3 Å². The average molecular weight is 959 g/mol. The maximum Gasteiger partial charge on any atom is 0.329 e. The zero-order valence-electron chi connectivity index (χ0n) is 41.5. The number of likely N-dealkylation sites (N-methyl/N-ethyl adjacent to an activating group) is 1. The number of esters is 1. The molecule has 8 amide bonds. The Kier molecular flexibility index (Phi) is 25.8. The van der Waals surface area contributed by atoms with Gasteiger partial charge in [0, 0.05) is 26.1 Å². The number of primary amides is 1. The fraction of sp³-hybridized carbons (Fsp3) is 0.510. The van der Waals surface area contributed by atoms with Crippen molar-refractivity contribution < 1.29 is 47.9 Å². The van der Waals surface area contributed by atoms with Gasteiger partial charge >= 0.3 is 5.97 Å². The molecule has 2 fully saturated rings. The molecule has 0 aliphatic carbocycles. The Bertz CT molecular complexity index is 2050. The standard InChI is InChI=1S/C51H74N8O10/c1-10-11-12-13-14-15-16-17-18-19-20-21-22-23-24-27-43(61)58(9)44-37(8)69-51(68)38(28-29-42(52)60)55-45(62)35(6)53-48(65)41-26-25-30-59(41)50(67)40(32-34(4)5)57-47(64)39(31-33(2)3)56-46(63)36(7)54-49(44)66/h10-24,27,33-41,44H,25-26,28-32H2,1-9H3,(H2,52,60)(H,53,65)(H,54,66)(H,55,62)(H,56,63)(H,57,64)/b11-10+,13-12+,15-14-,17-16+,19-18+,21-20-,23-22+,27-24+. The first-order chi connectivity index (χ1) is 32.7. The molecule has 2 heterocycles. The lowest BCUT2D eigenvalue weighted by Gasteiger charge is -2.33. The van der Waals surface area contributed by atoms with Crippen molar-refractivity contribution in [3.05, 3.63) is 97.2 Å². The van der Waals surface area contributed by atoms with Crippen LogP contribution in [0.1, 0.15) is 93.9 Å². The van der Waals surface area contributed by atoms with Crippen LogP contribution in [0.25, 0.3) is 0 Å². The SMILES string of the molecule is C/C=C/C=C/C=C\C=C\C=C\C=C/C=C/C=C/C(=O)N(C)C1C(=O)NC(C)C(=O)NC(CC(C)C)C(=O)NC(CC(C)C)C(=O)N2CCCC2C(=O)NC(C)C(=O)NC(CCC(N)=O)C(=O)OC1C. The van der Waals surface area contributed by atoms with E-state index in [1.807, 2.05) is 95.4 Å². The number of carbonyl (C=O) groups is 9. The number of allylic oxidation sites excluding steroid dienone is 15. The van der Waals surface area contributed by atoms with Gasteiger partial charge in [-0.1, -0.05) is 119 Å². The molecule has 18 heteroatoms. The van der Waals surface area contributed by atoms with Gasteiger partial charge in [-0.2, -0.15) is 0 Å². The maximum absolute atomic E-state index is 14.2. The second-order valence-electron chi connectivity index (χ2n) is 17.8. The van der Waals surface area contributed by atoms with Crippen molar-refractivity contribution in [2.24, 2.45) is 17.6 Å². The Morgan fingerprint density at radius 2 is 1.12 bits per heavy atom. The van der Waals surface area contributed by atoms with E-state index >= 15 is 0 Å². The molecule has 2 aliphatic heterocycles. The van der Waals surface area contributed by atoms with Gasteiger partial charge < -0.3 is 46.9 Å². The molecule has 378 valence electrons. The monoisotopic (exact) mass is 959 g/mol. The quantitative estimate of drug-likeness (QED) is 0.0749. The summed E-state index contributed by atoms with van der Waals surface area (Å²) in [6.45, 7) is 13.7. The van der Waals surface area contributed by atoms with Crippen LogP contribution in [0, 0.1) is 11.8 Å². The third kappa shape index (κ3) is 20.9. The summed E-state index contributed by atoms with van der Waals surface area (Å²) in [5, 5.41) is 13.2. The van der Waals surface area contributed by atoms with Crippen LogP contribution in [0.4, 0.5) is 0 Å². The topological polar surface area (TPSA) is 256 Å². The number of nitrogens with zero attached hydrogens (tertiary/aromatic N) is 2. The highest BCUT2D eigenvalue weighted by Gasteiger charge is 2.41. The van der Waals surface area contributed by atoms with Crippen LogP contribution in [-0.2, 0) is 47.9 Å². The number of nitrogens with one attached hydrogen (secondary N) is 5. The summed E-state index contributed by atoms with van der Waals surface area (Å²) >= 11 is 0. The molecule has 8 atom stereocenters. The summed E-state index contributed by atoms with van der Waals surface area (Å²) in [5.41, 5.74) is 5.39. The molecule has 0 aromatic heterocycles. The molecule has 2 rings (SSSR count). The number of cyclic esters (lactones) is 1. The molecular weight excluding hydrogens is 885 g/mol. The van der Waals surface area contributed by atoms with Crippen LogP contribution in [0.3, 0.4) is 0 Å². The van der Waals surface area contributed by atoms with Crippen LogP contribution < -0.4 is 32.3 Å². The molecule has 0 bridgehead atoms. The van der Waals surface area contributed by atoms with Gasteiger partial charge in [0.05, 0.1) is 0 Å². The maximum atomic E-state index is 14.2. The van der Waals surface area contributed by atoms with Gasteiger partial charge in [-0.05, 0) is 71.6 Å². The van der Waals surface area contributed by atoms with Crippen LogP contribution in [0.2, 0.25) is 0 Å². The minimum absolute atomic E-state index is 0.0705. The number of fused-ring (bicyclic) bond motifs is 1. The Morgan fingerprint density at radius 3 is 1.62 bits per heavy atom. The molecule has 2 aliphatic rings. The van der Waals surface area contributed by atoms with Crippen LogP contribution >= 0.6 is 0 Å². The summed E-state index contributed by atoms with van der Waals surface area (Å²) in [5.74, 6) is -7.03. The van der Waals surface area contributed by atoms with Crippen LogP contribution in [-0.4, -0.2) is 125 Å². The predicted molar refractivity (Wildman–Crippen MR) is 264 cm³/mol. The molecule has 7 N–H and O–H groups in total. The molecule has 69 heavy (non-hydrogen) atoms. The fourth-order valence-corrected chi connectivity index (χ4v) is 7.35. The van der Waals surface area contributed by atoms with Gasteiger partial charge in [0.15, 0.2) is 0 Å². The smallest absolute Gasteiger partial charge is 0.329 e. The van der Waals surface area contributed by atoms with Crippen LogP contribution in [0.5, 0.6) is 0 Å². The minimum atomic E-state index is -1.57. The zero-order chi connectivity index (χ0) is 51.6. The number of nitrogens with two attached hydrogens (primary N) is 1. The molecule has 8 unspecified atom stereocenters. The molecular formula is C51H74N8O10. The van der Waals surface area contributed by atoms with Gasteiger partial charge in [-0.15, -0.1) is 0 Å². The number of hydrogen-bond donors (Lipinski definition) is 6. The zero-order valence-corrected chi connectivity index (χ0v) is 41.5. The van der Waals surface area contributed by atoms with Gasteiger partial charge in [0.25, 0.3) is 0 Å². The van der Waals surface area contributed by atoms with Crippen LogP contribution in [0.15, 0.2) is 97.2 Å². The molecule has 2 saturated heterocycles. The van der Waals surface area contributed by atoms with Crippen molar-refractivity contribution in [3.63, 3.8) is 0 Å². The molecule has 0 radical (unpaired) electrons. The lowest BCUT2D eigenvalue weighted by atomic mass is 9.99. The van der Waals surface area contributed by atoms with Crippen molar-refractivity contribution in [2.45, 2.75) is 142 Å². The largest absolute Gasteiger partial charge is 0.458 e. The van der Waals surface area contributed by atoms with E-state index in [1.165, 1.54) is 44.9 Å². The normalized spacial score (nSPS) is 25.8. The van der Waals surface area contributed by atoms with E-state index in [0.29, 0.717) is 6.42 Å². The van der Waals surface area contributed by atoms with E-state index in [9.17, 15) is 43.2 Å². The molecule has 0 aromatic rings. The summed E-state index contributed by atoms with van der Waals surface area (Å²) in [6.07, 6.45) is 27.3. The predicted octanol–water partition coefficient (Wildman–Crippen LogP) is 3.04. The lowest BCUT2D eigenvalue weighted by Crippen LogP contribution is -2.61. The van der Waals surface area contributed by atoms with Crippen molar-refractivity contribution in [2.75, 3.05) is 13.6 Å². The Balaban J connectivity index is 2.53. The van der Waals surface area contributed by atoms with E-state index < -0.39 is 102 Å². The molecule has 0 saturated carbocycles. The van der Waals surface area contributed by atoms with Crippen molar-refractivity contribution in [1.82, 2.24) is 36.4 Å². The number of amides is 8. The Hall–Kier alpha value is -6.85. The highest BCUT2D eigenvalue weighted by Crippen LogP contribution is 2.21. The van der Waals surface area contributed by atoms with E-state index in [2.05, 4.69) is 26.6 Å². The highest BCUT2D eigenvalue weighted by molar-refractivity contribution is 5.98. The van der Waals surface area contributed by atoms with Crippen molar-refractivity contribution in [3.8, 4) is 0 Å². The third-order valence-corrected chi connectivity index (χ3v) is 10.9. The summed E-state index contributed by atoms with van der Waals surface area (Å²) < 4.78 is 5.73. The Morgan fingerprint density at radius 1 is 0.652 bits per heavy atom. The number of hydrogen-bond acceptors (Lipinski definition) is 10. The fourth-order valence-electron chi connectivity index (χ4n) is 7.35. The first-order valence-electron chi connectivity index (χ1n) is 23.6. The van der Waals surface area contributed by atoms with E-state index in [-0.39, 0.29) is 50.5 Å². The highest BCUT2D eigenvalue weighted by atomic mass is 16.5. The third-order valence-electron chi connectivity index (χ3n) is 10.9. The van der Waals surface area contributed by atoms with Crippen molar-refractivity contribution in [1.29, 1.82) is 0 Å². The number of ether oxygens (including phenoxy) is 1. The van der Waals surface area contributed by atoms with E-state index in [0.717, 1.165) is 4.90 Å². The number of rotatable bonds is 16. The Labute approximate surface area is 407 Å². The molecule has 0 spiro atoms. The van der Waals surface area contributed by atoms with E-state index in [1.54, 1.807) is 24.3 Å². The lowest BCUT2D eigenvalue weighted by molar-refractivity contribution is -0.160. The molecule has 0 aromatic carbocycles. The van der Waals surface area contributed by atoms with Gasteiger partial charge in [-0.3, -0.25) is 38.4 Å². The second-order valence-corrected chi connectivity index (χ2v) is 17.8.